The van der Waals surface area contributed by atoms with Crippen LogP contribution in [0.4, 0.5) is 4.39 Å². The van der Waals surface area contributed by atoms with Gasteiger partial charge >= 0.3 is 0 Å². The first kappa shape index (κ1) is 12.7. The Hall–Kier alpha value is -1.34. The number of carbonyl (C=O) groups is 1. The molecule has 0 unspecified atom stereocenters. The highest BCUT2D eigenvalue weighted by Gasteiger charge is 2.14. The van der Waals surface area contributed by atoms with Crippen LogP contribution in [-0.4, -0.2) is 23.9 Å². The van der Waals surface area contributed by atoms with Gasteiger partial charge in [0.15, 0.2) is 0 Å². The van der Waals surface area contributed by atoms with Crippen LogP contribution in [0.3, 0.4) is 0 Å². The van der Waals surface area contributed by atoms with E-state index in [1.54, 1.807) is 6.07 Å². The Morgan fingerprint density at radius 3 is 2.81 bits per heavy atom. The van der Waals surface area contributed by atoms with E-state index in [4.69, 9.17) is 6.42 Å². The number of rotatable bonds is 3. The molecule has 1 aromatic rings. The zero-order valence-corrected chi connectivity index (χ0v) is 10.4. The smallest absolute Gasteiger partial charge is 0.254 e. The van der Waals surface area contributed by atoms with Crippen LogP contribution >= 0.6 is 15.9 Å². The molecule has 0 aliphatic rings. The van der Waals surface area contributed by atoms with Crippen LogP contribution in [0.1, 0.15) is 17.3 Å². The lowest BCUT2D eigenvalue weighted by molar-refractivity contribution is 0.0784. The maximum absolute atomic E-state index is 13.2. The summed E-state index contributed by atoms with van der Waals surface area (Å²) in [6.07, 6.45) is 5.15. The highest BCUT2D eigenvalue weighted by molar-refractivity contribution is 9.10. The summed E-state index contributed by atoms with van der Waals surface area (Å²) in [6.45, 7) is 2.55. The Morgan fingerprint density at radius 1 is 1.62 bits per heavy atom. The topological polar surface area (TPSA) is 20.3 Å². The van der Waals surface area contributed by atoms with E-state index in [1.807, 2.05) is 6.92 Å². The van der Waals surface area contributed by atoms with Crippen molar-refractivity contribution in [1.82, 2.24) is 4.90 Å². The van der Waals surface area contributed by atoms with Gasteiger partial charge in [0.25, 0.3) is 5.91 Å². The molecule has 0 atom stereocenters. The summed E-state index contributed by atoms with van der Waals surface area (Å²) in [7, 11) is 0. The van der Waals surface area contributed by atoms with E-state index in [9.17, 15) is 9.18 Å². The number of carbonyl (C=O) groups excluding carboxylic acids is 1. The molecule has 2 nitrogen and oxygen atoms in total. The van der Waals surface area contributed by atoms with Gasteiger partial charge in [0, 0.05) is 12.1 Å². The fourth-order valence-corrected chi connectivity index (χ4v) is 1.50. The van der Waals surface area contributed by atoms with Gasteiger partial charge in [0.1, 0.15) is 5.82 Å². The third-order valence-corrected chi connectivity index (χ3v) is 2.76. The Labute approximate surface area is 103 Å². The van der Waals surface area contributed by atoms with E-state index >= 15 is 0 Å². The summed E-state index contributed by atoms with van der Waals surface area (Å²) in [4.78, 5) is 13.4. The summed E-state index contributed by atoms with van der Waals surface area (Å²) >= 11 is 3.03. The minimum Gasteiger partial charge on any atom is -0.328 e. The molecule has 0 radical (unpaired) electrons. The number of hydrogen-bond acceptors (Lipinski definition) is 1. The van der Waals surface area contributed by atoms with Crippen molar-refractivity contribution in [2.75, 3.05) is 13.1 Å². The summed E-state index contributed by atoms with van der Waals surface area (Å²) in [5.74, 6) is 1.68. The number of halogens is 2. The molecular weight excluding hydrogens is 273 g/mol. The SMILES string of the molecule is C#CCN(CC)C(=O)c1ccc(Br)c(F)c1. The van der Waals surface area contributed by atoms with E-state index in [2.05, 4.69) is 21.9 Å². The highest BCUT2D eigenvalue weighted by atomic mass is 79.9. The molecule has 84 valence electrons. The molecule has 0 aliphatic carbocycles. The van der Waals surface area contributed by atoms with Crippen LogP contribution in [0.5, 0.6) is 0 Å². The second kappa shape index (κ2) is 5.66. The van der Waals surface area contributed by atoms with Crippen molar-refractivity contribution in [3.05, 3.63) is 34.1 Å². The molecule has 0 N–H and O–H groups in total. The molecule has 1 rings (SSSR count). The number of amides is 1. The zero-order chi connectivity index (χ0) is 12.1. The lowest BCUT2D eigenvalue weighted by atomic mass is 10.2. The summed E-state index contributed by atoms with van der Waals surface area (Å²) < 4.78 is 13.6. The second-order valence-corrected chi connectivity index (χ2v) is 4.01. The lowest BCUT2D eigenvalue weighted by Crippen LogP contribution is -2.31. The molecule has 0 spiro atoms. The Bertz CT molecular complexity index is 439. The molecule has 1 aromatic carbocycles. The van der Waals surface area contributed by atoms with Crippen molar-refractivity contribution in [2.45, 2.75) is 6.92 Å². The fraction of sp³-hybridized carbons (Fsp3) is 0.250. The highest BCUT2D eigenvalue weighted by Crippen LogP contribution is 2.17. The van der Waals surface area contributed by atoms with E-state index in [1.165, 1.54) is 17.0 Å². The molecule has 0 aliphatic heterocycles. The maximum Gasteiger partial charge on any atom is 0.254 e. The van der Waals surface area contributed by atoms with Crippen LogP contribution in [-0.2, 0) is 0 Å². The van der Waals surface area contributed by atoms with Gasteiger partial charge in [0.05, 0.1) is 11.0 Å². The first-order chi connectivity index (χ1) is 7.60. The van der Waals surface area contributed by atoms with Crippen LogP contribution in [0.25, 0.3) is 0 Å². The number of nitrogens with zero attached hydrogens (tertiary/aromatic N) is 1. The largest absolute Gasteiger partial charge is 0.328 e. The predicted molar refractivity (Wildman–Crippen MR) is 64.5 cm³/mol. The van der Waals surface area contributed by atoms with Crippen LogP contribution in [0.15, 0.2) is 22.7 Å². The lowest BCUT2D eigenvalue weighted by Gasteiger charge is -2.17. The van der Waals surface area contributed by atoms with E-state index in [0.717, 1.165) is 0 Å². The van der Waals surface area contributed by atoms with Gasteiger partial charge in [-0.1, -0.05) is 5.92 Å². The zero-order valence-electron chi connectivity index (χ0n) is 8.84. The summed E-state index contributed by atoms with van der Waals surface area (Å²) in [5, 5.41) is 0. The molecule has 0 saturated heterocycles. The number of hydrogen-bond donors (Lipinski definition) is 0. The van der Waals surface area contributed by atoms with Crippen molar-refractivity contribution >= 4 is 21.8 Å². The molecule has 0 aromatic heterocycles. The van der Waals surface area contributed by atoms with Gasteiger partial charge in [-0.25, -0.2) is 4.39 Å². The van der Waals surface area contributed by atoms with Gasteiger partial charge in [-0.05, 0) is 41.1 Å². The van der Waals surface area contributed by atoms with Crippen LogP contribution in [0, 0.1) is 18.2 Å². The Morgan fingerprint density at radius 2 is 2.31 bits per heavy atom. The predicted octanol–water partition coefficient (Wildman–Crippen LogP) is 2.68. The average Bonchev–Trinajstić information content (AvgIpc) is 2.28. The molecule has 16 heavy (non-hydrogen) atoms. The quantitative estimate of drug-likeness (QED) is 0.781. The van der Waals surface area contributed by atoms with Crippen LogP contribution < -0.4 is 0 Å². The number of benzene rings is 1. The minimum absolute atomic E-state index is 0.229. The van der Waals surface area contributed by atoms with Crippen molar-refractivity contribution in [1.29, 1.82) is 0 Å². The van der Waals surface area contributed by atoms with E-state index in [0.29, 0.717) is 16.6 Å². The van der Waals surface area contributed by atoms with Gasteiger partial charge in [-0.3, -0.25) is 4.79 Å². The van der Waals surface area contributed by atoms with Crippen molar-refractivity contribution in [2.24, 2.45) is 0 Å². The third kappa shape index (κ3) is 2.83. The maximum atomic E-state index is 13.2. The number of terminal acetylenes is 1. The van der Waals surface area contributed by atoms with Gasteiger partial charge < -0.3 is 4.90 Å². The monoisotopic (exact) mass is 283 g/mol. The third-order valence-electron chi connectivity index (χ3n) is 2.12. The molecule has 4 heteroatoms. The minimum atomic E-state index is -0.456. The first-order valence-electron chi connectivity index (χ1n) is 4.78. The van der Waals surface area contributed by atoms with E-state index < -0.39 is 5.82 Å². The molecule has 0 heterocycles. The summed E-state index contributed by atoms with van der Waals surface area (Å²) in [5.41, 5.74) is 0.304. The molecule has 0 bridgehead atoms. The van der Waals surface area contributed by atoms with Crippen LogP contribution in [0.2, 0.25) is 0 Å². The molecule has 1 amide bonds. The molecule has 0 saturated carbocycles. The van der Waals surface area contributed by atoms with Crippen molar-refractivity contribution in [3.63, 3.8) is 0 Å². The first-order valence-corrected chi connectivity index (χ1v) is 5.57. The molecule has 0 fully saturated rings. The van der Waals surface area contributed by atoms with Gasteiger partial charge in [-0.2, -0.15) is 0 Å². The second-order valence-electron chi connectivity index (χ2n) is 3.15. The van der Waals surface area contributed by atoms with Crippen molar-refractivity contribution < 1.29 is 9.18 Å². The summed E-state index contributed by atoms with van der Waals surface area (Å²) in [6, 6.07) is 4.27. The van der Waals surface area contributed by atoms with Crippen molar-refractivity contribution in [3.8, 4) is 12.3 Å². The molecular formula is C12H11BrFNO. The standard InChI is InChI=1S/C12H11BrFNO/c1-3-7-15(4-2)12(16)9-5-6-10(13)11(14)8-9/h1,5-6,8H,4,7H2,2H3. The Balaban J connectivity index is 2.95. The normalized spacial score (nSPS) is 9.62. The van der Waals surface area contributed by atoms with E-state index in [-0.39, 0.29) is 12.5 Å². The van der Waals surface area contributed by atoms with Gasteiger partial charge in [-0.15, -0.1) is 6.42 Å². The van der Waals surface area contributed by atoms with Gasteiger partial charge in [0.2, 0.25) is 0 Å². The average molecular weight is 284 g/mol. The Kier molecular flexibility index (Phi) is 4.51. The fourth-order valence-electron chi connectivity index (χ4n) is 1.25.